The Bertz CT molecular complexity index is 935. The molecule has 0 saturated carbocycles. The van der Waals surface area contributed by atoms with Gasteiger partial charge in [-0.05, 0) is 59.7 Å². The van der Waals surface area contributed by atoms with Gasteiger partial charge in [-0.1, -0.05) is 51.1 Å². The minimum Gasteiger partial charge on any atom is -0.395 e. The fourth-order valence-corrected chi connectivity index (χ4v) is 4.15. The van der Waals surface area contributed by atoms with E-state index in [1.165, 1.54) is 39.7 Å². The molecule has 1 aliphatic heterocycles. The molecule has 2 heterocycles. The van der Waals surface area contributed by atoms with Crippen molar-refractivity contribution in [2.24, 2.45) is 0 Å². The summed E-state index contributed by atoms with van der Waals surface area (Å²) in [5, 5.41) is 10.8. The Kier molecular flexibility index (Phi) is 4.83. The number of hydrogen-bond acceptors (Lipinski definition) is 2. The number of hydrogen-bond donors (Lipinski definition) is 2. The maximum atomic E-state index is 9.54. The molecular weight excluding hydrogens is 332 g/mol. The first kappa shape index (κ1) is 18.3. The van der Waals surface area contributed by atoms with Gasteiger partial charge in [0.2, 0.25) is 0 Å². The molecule has 1 fully saturated rings. The second-order valence-electron chi connectivity index (χ2n) is 8.88. The van der Waals surface area contributed by atoms with Gasteiger partial charge < -0.3 is 10.1 Å². The highest BCUT2D eigenvalue weighted by Crippen LogP contribution is 2.30. The number of fused-ring (bicyclic) bond motifs is 1. The first-order valence-corrected chi connectivity index (χ1v) is 10.0. The van der Waals surface area contributed by atoms with Crippen LogP contribution < -0.4 is 0 Å². The van der Waals surface area contributed by atoms with E-state index in [9.17, 15) is 5.11 Å². The number of nitrogens with one attached hydrogen (secondary N) is 1. The van der Waals surface area contributed by atoms with Crippen LogP contribution in [0.15, 0.2) is 48.5 Å². The quantitative estimate of drug-likeness (QED) is 0.679. The van der Waals surface area contributed by atoms with Gasteiger partial charge in [-0.2, -0.15) is 0 Å². The molecule has 0 bridgehead atoms. The SMILES string of the molecule is CC(C)(C)c1cccc(-c2ccc3[nH]c(CN4CCCC4CO)cc3c2)c1. The van der Waals surface area contributed by atoms with Crippen LogP contribution in [0, 0.1) is 0 Å². The molecule has 1 aromatic heterocycles. The number of rotatable bonds is 4. The van der Waals surface area contributed by atoms with Crippen LogP contribution in [0.2, 0.25) is 0 Å². The Morgan fingerprint density at radius 2 is 1.89 bits per heavy atom. The summed E-state index contributed by atoms with van der Waals surface area (Å²) < 4.78 is 0. The van der Waals surface area contributed by atoms with Crippen LogP contribution in [0.1, 0.15) is 44.9 Å². The monoisotopic (exact) mass is 362 g/mol. The summed E-state index contributed by atoms with van der Waals surface area (Å²) in [6, 6.07) is 18.1. The molecule has 1 unspecified atom stereocenters. The molecule has 142 valence electrons. The maximum absolute atomic E-state index is 9.54. The smallest absolute Gasteiger partial charge is 0.0587 e. The van der Waals surface area contributed by atoms with Gasteiger partial charge in [0.1, 0.15) is 0 Å². The summed E-state index contributed by atoms with van der Waals surface area (Å²) in [6.45, 7) is 8.98. The predicted molar refractivity (Wildman–Crippen MR) is 113 cm³/mol. The molecule has 27 heavy (non-hydrogen) atoms. The number of aromatic amines is 1. The molecule has 0 spiro atoms. The number of aliphatic hydroxyl groups excluding tert-OH is 1. The van der Waals surface area contributed by atoms with Gasteiger partial charge >= 0.3 is 0 Å². The number of H-pyrrole nitrogens is 1. The Morgan fingerprint density at radius 1 is 1.07 bits per heavy atom. The normalized spacial score (nSPS) is 18.4. The Morgan fingerprint density at radius 3 is 2.67 bits per heavy atom. The minimum atomic E-state index is 0.153. The van der Waals surface area contributed by atoms with Gasteiger partial charge in [0.25, 0.3) is 0 Å². The van der Waals surface area contributed by atoms with Crippen LogP contribution in [0.4, 0.5) is 0 Å². The lowest BCUT2D eigenvalue weighted by atomic mass is 9.85. The third kappa shape index (κ3) is 3.80. The molecule has 0 amide bonds. The second kappa shape index (κ2) is 7.14. The summed E-state index contributed by atoms with van der Waals surface area (Å²) in [4.78, 5) is 5.95. The van der Waals surface area contributed by atoms with Crippen molar-refractivity contribution in [3.8, 4) is 11.1 Å². The van der Waals surface area contributed by atoms with Crippen molar-refractivity contribution in [3.63, 3.8) is 0 Å². The third-order valence-electron chi connectivity index (χ3n) is 5.82. The number of nitrogens with zero attached hydrogens (tertiary/aromatic N) is 1. The molecule has 4 rings (SSSR count). The lowest BCUT2D eigenvalue weighted by Crippen LogP contribution is -2.31. The van der Waals surface area contributed by atoms with E-state index >= 15 is 0 Å². The van der Waals surface area contributed by atoms with Gasteiger partial charge in [0.15, 0.2) is 0 Å². The molecule has 0 aliphatic carbocycles. The van der Waals surface area contributed by atoms with Gasteiger partial charge in [0.05, 0.1) is 6.61 Å². The zero-order valence-corrected chi connectivity index (χ0v) is 16.6. The van der Waals surface area contributed by atoms with E-state index in [1.54, 1.807) is 0 Å². The van der Waals surface area contributed by atoms with Crippen molar-refractivity contribution in [3.05, 3.63) is 59.8 Å². The van der Waals surface area contributed by atoms with Crippen LogP contribution in [-0.4, -0.2) is 34.2 Å². The summed E-state index contributed by atoms with van der Waals surface area (Å²) in [6.07, 6.45) is 2.28. The highest BCUT2D eigenvalue weighted by atomic mass is 16.3. The largest absolute Gasteiger partial charge is 0.395 e. The van der Waals surface area contributed by atoms with E-state index in [0.717, 1.165) is 19.5 Å². The first-order chi connectivity index (χ1) is 12.9. The Balaban J connectivity index is 1.61. The molecule has 2 aromatic carbocycles. The molecule has 3 heteroatoms. The van der Waals surface area contributed by atoms with E-state index in [0.29, 0.717) is 6.04 Å². The Hall–Kier alpha value is -2.10. The molecule has 1 atom stereocenters. The average Bonchev–Trinajstić information content (AvgIpc) is 3.26. The summed E-state index contributed by atoms with van der Waals surface area (Å²) in [7, 11) is 0. The van der Waals surface area contributed by atoms with Gasteiger partial charge in [-0.25, -0.2) is 0 Å². The van der Waals surface area contributed by atoms with Crippen LogP contribution in [-0.2, 0) is 12.0 Å². The van der Waals surface area contributed by atoms with Crippen LogP contribution in [0.3, 0.4) is 0 Å². The molecule has 3 nitrogen and oxygen atoms in total. The second-order valence-corrected chi connectivity index (χ2v) is 8.88. The van der Waals surface area contributed by atoms with Gasteiger partial charge in [-0.15, -0.1) is 0 Å². The molecule has 0 radical (unpaired) electrons. The zero-order valence-electron chi connectivity index (χ0n) is 16.6. The van der Waals surface area contributed by atoms with E-state index in [1.807, 2.05) is 0 Å². The first-order valence-electron chi connectivity index (χ1n) is 10.0. The van der Waals surface area contributed by atoms with Crippen molar-refractivity contribution in [1.82, 2.24) is 9.88 Å². The van der Waals surface area contributed by atoms with E-state index in [4.69, 9.17) is 0 Å². The number of likely N-dealkylation sites (tertiary alicyclic amines) is 1. The van der Waals surface area contributed by atoms with Crippen LogP contribution in [0.25, 0.3) is 22.0 Å². The number of aliphatic hydroxyl groups is 1. The summed E-state index contributed by atoms with van der Waals surface area (Å²) in [5.41, 5.74) is 6.45. The zero-order chi connectivity index (χ0) is 19.0. The standard InChI is InChI=1S/C24H30N2O/c1-24(2,3)20-7-4-6-17(13-20)18-9-10-23-19(12-18)14-21(25-23)15-26-11-5-8-22(26)16-27/h4,6-7,9-10,12-14,22,25,27H,5,8,11,15-16H2,1-3H3. The third-order valence-corrected chi connectivity index (χ3v) is 5.82. The van der Waals surface area contributed by atoms with Gasteiger partial charge in [-0.3, -0.25) is 4.90 Å². The minimum absolute atomic E-state index is 0.153. The Labute approximate surface area is 162 Å². The lowest BCUT2D eigenvalue weighted by molar-refractivity contribution is 0.152. The fourth-order valence-electron chi connectivity index (χ4n) is 4.15. The summed E-state index contributed by atoms with van der Waals surface area (Å²) in [5.74, 6) is 0. The van der Waals surface area contributed by atoms with E-state index < -0.39 is 0 Å². The average molecular weight is 363 g/mol. The highest BCUT2D eigenvalue weighted by Gasteiger charge is 2.24. The number of benzene rings is 2. The molecule has 3 aromatic rings. The molecule has 2 N–H and O–H groups in total. The maximum Gasteiger partial charge on any atom is 0.0587 e. The van der Waals surface area contributed by atoms with Gasteiger partial charge in [0, 0.05) is 29.2 Å². The fraction of sp³-hybridized carbons (Fsp3) is 0.417. The van der Waals surface area contributed by atoms with Crippen molar-refractivity contribution < 1.29 is 5.11 Å². The van der Waals surface area contributed by atoms with E-state index in [-0.39, 0.29) is 12.0 Å². The van der Waals surface area contributed by atoms with Crippen molar-refractivity contribution in [1.29, 1.82) is 0 Å². The van der Waals surface area contributed by atoms with Crippen LogP contribution in [0.5, 0.6) is 0 Å². The lowest BCUT2D eigenvalue weighted by Gasteiger charge is -2.21. The van der Waals surface area contributed by atoms with Crippen molar-refractivity contribution >= 4 is 10.9 Å². The van der Waals surface area contributed by atoms with Crippen molar-refractivity contribution in [2.75, 3.05) is 13.2 Å². The molecule has 1 aliphatic rings. The topological polar surface area (TPSA) is 39.3 Å². The number of aromatic nitrogens is 1. The van der Waals surface area contributed by atoms with Crippen LogP contribution >= 0.6 is 0 Å². The summed E-state index contributed by atoms with van der Waals surface area (Å²) >= 11 is 0. The molecular formula is C24H30N2O. The van der Waals surface area contributed by atoms with Crippen molar-refractivity contribution in [2.45, 2.75) is 51.6 Å². The highest BCUT2D eigenvalue weighted by molar-refractivity contribution is 5.86. The molecule has 1 saturated heterocycles. The predicted octanol–water partition coefficient (Wildman–Crippen LogP) is 5.09. The van der Waals surface area contributed by atoms with E-state index in [2.05, 4.69) is 79.2 Å².